The van der Waals surface area contributed by atoms with Gasteiger partial charge in [0.2, 0.25) is 0 Å². The summed E-state index contributed by atoms with van der Waals surface area (Å²) in [4.78, 5) is 4.70. The van der Waals surface area contributed by atoms with Gasteiger partial charge in [0.1, 0.15) is 0 Å². The van der Waals surface area contributed by atoms with E-state index in [0.717, 1.165) is 18.7 Å². The summed E-state index contributed by atoms with van der Waals surface area (Å²) in [5, 5.41) is 0. The van der Waals surface area contributed by atoms with Crippen LogP contribution in [0.1, 0.15) is 6.42 Å². The van der Waals surface area contributed by atoms with Crippen LogP contribution < -0.4 is 0 Å². The van der Waals surface area contributed by atoms with E-state index in [0.29, 0.717) is 0 Å². The Morgan fingerprint density at radius 3 is 2.18 bits per heavy atom. The van der Waals surface area contributed by atoms with E-state index in [-0.39, 0.29) is 0 Å². The van der Waals surface area contributed by atoms with E-state index in [1.807, 2.05) is 24.2 Å². The summed E-state index contributed by atoms with van der Waals surface area (Å²) in [6.07, 6.45) is 5.29. The Balaban J connectivity index is 2.04. The van der Waals surface area contributed by atoms with Gasteiger partial charge in [-0.15, -0.1) is 0 Å². The lowest BCUT2D eigenvalue weighted by molar-refractivity contribution is 0.689. The van der Waals surface area contributed by atoms with Crippen LogP contribution in [0.2, 0.25) is 0 Å². The Kier molecular flexibility index (Phi) is 4.96. The van der Waals surface area contributed by atoms with E-state index in [1.165, 1.54) is 22.6 Å². The topological polar surface area (TPSA) is 17.8 Å². The minimum atomic E-state index is 1.00. The molecule has 3 aromatic rings. The Labute approximate surface area is 136 Å². The molecule has 0 saturated heterocycles. The zero-order valence-electron chi connectivity index (χ0n) is 12.8. The molecule has 0 atom stereocenters. The average Bonchev–Trinajstić information content (AvgIpc) is 3.01. The molecule has 2 nitrogen and oxygen atoms in total. The lowest BCUT2D eigenvalue weighted by Gasteiger charge is -2.10. The van der Waals surface area contributed by atoms with Gasteiger partial charge in [-0.1, -0.05) is 60.7 Å². The fraction of sp³-hybridized carbons (Fsp3) is 0.211. The zero-order chi connectivity index (χ0) is 15.2. The molecule has 112 valence electrons. The van der Waals surface area contributed by atoms with Crippen molar-refractivity contribution in [2.45, 2.75) is 13.0 Å². The van der Waals surface area contributed by atoms with E-state index in [2.05, 4.69) is 65.4 Å². The van der Waals surface area contributed by atoms with Crippen LogP contribution in [0.5, 0.6) is 0 Å². The molecule has 0 unspecified atom stereocenters. The molecule has 3 rings (SSSR count). The molecule has 0 N–H and O–H groups in total. The predicted octanol–water partition coefficient (Wildman–Crippen LogP) is 4.97. The lowest BCUT2D eigenvalue weighted by atomic mass is 10.0. The van der Waals surface area contributed by atoms with Gasteiger partial charge in [0.15, 0.2) is 0 Å². The number of aryl methyl sites for hydroxylation is 1. The normalized spacial score (nSPS) is 10.8. The highest BCUT2D eigenvalue weighted by atomic mass is 32.2. The van der Waals surface area contributed by atoms with Gasteiger partial charge in [-0.05, 0) is 18.4 Å². The third kappa shape index (κ3) is 3.25. The van der Waals surface area contributed by atoms with E-state index in [9.17, 15) is 0 Å². The van der Waals surface area contributed by atoms with E-state index < -0.39 is 0 Å². The lowest BCUT2D eigenvalue weighted by Crippen LogP contribution is -2.00. The summed E-state index contributed by atoms with van der Waals surface area (Å²) in [5.74, 6) is 1.17. The molecular weight excluding hydrogens is 288 g/mol. The number of benzene rings is 2. The highest BCUT2D eigenvalue weighted by molar-refractivity contribution is 7.98. The fourth-order valence-electron chi connectivity index (χ4n) is 2.64. The first-order valence-corrected chi connectivity index (χ1v) is 8.94. The van der Waals surface area contributed by atoms with Crippen LogP contribution >= 0.6 is 11.8 Å². The molecule has 0 bridgehead atoms. The molecule has 0 aliphatic heterocycles. The van der Waals surface area contributed by atoms with Gasteiger partial charge in [-0.25, -0.2) is 4.98 Å². The number of hydrogen-bond donors (Lipinski definition) is 0. The fourth-order valence-corrected chi connectivity index (χ4v) is 3.05. The maximum absolute atomic E-state index is 4.70. The van der Waals surface area contributed by atoms with Gasteiger partial charge < -0.3 is 4.57 Å². The number of rotatable bonds is 6. The summed E-state index contributed by atoms with van der Waals surface area (Å²) < 4.78 is 2.29. The summed E-state index contributed by atoms with van der Waals surface area (Å²) >= 11 is 1.89. The van der Waals surface area contributed by atoms with Crippen LogP contribution in [0, 0.1) is 0 Å². The van der Waals surface area contributed by atoms with Crippen molar-refractivity contribution in [3.05, 3.63) is 67.0 Å². The van der Waals surface area contributed by atoms with E-state index in [1.54, 1.807) is 0 Å². The smallest absolute Gasteiger partial charge is 0.0963 e. The largest absolute Gasteiger partial charge is 0.330 e. The second-order valence-corrected chi connectivity index (χ2v) is 6.20. The second-order valence-electron chi connectivity index (χ2n) is 5.21. The molecule has 0 spiro atoms. The number of aromatic nitrogens is 2. The molecule has 22 heavy (non-hydrogen) atoms. The summed E-state index contributed by atoms with van der Waals surface area (Å²) in [6, 6.07) is 21.0. The van der Waals surface area contributed by atoms with Crippen LogP contribution in [0.4, 0.5) is 0 Å². The van der Waals surface area contributed by atoms with E-state index >= 15 is 0 Å². The Morgan fingerprint density at radius 2 is 1.55 bits per heavy atom. The third-order valence-corrected chi connectivity index (χ3v) is 4.38. The van der Waals surface area contributed by atoms with Crippen LogP contribution in [-0.4, -0.2) is 21.6 Å². The molecule has 0 aliphatic carbocycles. The Morgan fingerprint density at radius 1 is 0.909 bits per heavy atom. The first-order valence-electron chi connectivity index (χ1n) is 7.55. The summed E-state index contributed by atoms with van der Waals surface area (Å²) in [6.45, 7) is 1.00. The second kappa shape index (κ2) is 7.32. The highest BCUT2D eigenvalue weighted by Gasteiger charge is 2.14. The van der Waals surface area contributed by atoms with Crippen molar-refractivity contribution < 1.29 is 0 Å². The van der Waals surface area contributed by atoms with Crippen LogP contribution in [0.15, 0.2) is 67.0 Å². The quantitative estimate of drug-likeness (QED) is 0.598. The van der Waals surface area contributed by atoms with Crippen molar-refractivity contribution in [1.29, 1.82) is 0 Å². The molecule has 0 fully saturated rings. The summed E-state index contributed by atoms with van der Waals surface area (Å²) in [5.41, 5.74) is 4.68. The van der Waals surface area contributed by atoms with Crippen molar-refractivity contribution >= 4 is 11.8 Å². The van der Waals surface area contributed by atoms with Gasteiger partial charge in [0.25, 0.3) is 0 Å². The molecule has 1 heterocycles. The first kappa shape index (κ1) is 14.9. The predicted molar refractivity (Wildman–Crippen MR) is 96.1 cm³/mol. The zero-order valence-corrected chi connectivity index (χ0v) is 13.6. The minimum Gasteiger partial charge on any atom is -0.330 e. The first-order chi connectivity index (χ1) is 10.9. The Bertz CT molecular complexity index is 705. The molecule has 0 aliphatic rings. The van der Waals surface area contributed by atoms with Gasteiger partial charge >= 0.3 is 0 Å². The molecule has 0 amide bonds. The SMILES string of the molecule is CSCCCn1cnc(-c2ccccc2)c1-c1ccccc1. The van der Waals surface area contributed by atoms with E-state index in [4.69, 9.17) is 4.98 Å². The van der Waals surface area contributed by atoms with Gasteiger partial charge in [-0.3, -0.25) is 0 Å². The van der Waals surface area contributed by atoms with Crippen molar-refractivity contribution in [3.8, 4) is 22.5 Å². The standard InChI is InChI=1S/C19H20N2S/c1-22-14-8-13-21-15-20-18(16-9-4-2-5-10-16)19(21)17-11-6-3-7-12-17/h2-7,9-12,15H,8,13-14H2,1H3. The Hall–Kier alpha value is -2.00. The maximum Gasteiger partial charge on any atom is 0.0963 e. The van der Waals surface area contributed by atoms with Gasteiger partial charge in [0.05, 0.1) is 17.7 Å². The van der Waals surface area contributed by atoms with Gasteiger partial charge in [-0.2, -0.15) is 11.8 Å². The van der Waals surface area contributed by atoms with Crippen LogP contribution in [0.25, 0.3) is 22.5 Å². The molecule has 1 aromatic heterocycles. The molecule has 0 saturated carbocycles. The van der Waals surface area contributed by atoms with Gasteiger partial charge in [0, 0.05) is 17.7 Å². The molecule has 0 radical (unpaired) electrons. The third-order valence-electron chi connectivity index (χ3n) is 3.68. The van der Waals surface area contributed by atoms with Crippen LogP contribution in [-0.2, 0) is 6.54 Å². The molecule has 3 heteroatoms. The van der Waals surface area contributed by atoms with Crippen LogP contribution in [0.3, 0.4) is 0 Å². The van der Waals surface area contributed by atoms with Crippen molar-refractivity contribution in [2.24, 2.45) is 0 Å². The monoisotopic (exact) mass is 308 g/mol. The van der Waals surface area contributed by atoms with Crippen molar-refractivity contribution in [2.75, 3.05) is 12.0 Å². The molecule has 2 aromatic carbocycles. The number of nitrogens with zero attached hydrogens (tertiary/aromatic N) is 2. The number of hydrogen-bond acceptors (Lipinski definition) is 2. The number of thioether (sulfide) groups is 1. The van der Waals surface area contributed by atoms with Crippen molar-refractivity contribution in [3.63, 3.8) is 0 Å². The average molecular weight is 308 g/mol. The highest BCUT2D eigenvalue weighted by Crippen LogP contribution is 2.31. The summed E-state index contributed by atoms with van der Waals surface area (Å²) in [7, 11) is 0. The minimum absolute atomic E-state index is 1.00. The molecular formula is C19H20N2S. The number of imidazole rings is 1. The maximum atomic E-state index is 4.70. The van der Waals surface area contributed by atoms with Crippen molar-refractivity contribution in [1.82, 2.24) is 9.55 Å².